The molecule has 1 saturated carbocycles. The van der Waals surface area contributed by atoms with Gasteiger partial charge in [0.1, 0.15) is 5.82 Å². The molecule has 0 amide bonds. The van der Waals surface area contributed by atoms with E-state index in [4.69, 9.17) is 5.73 Å². The van der Waals surface area contributed by atoms with E-state index in [1.807, 2.05) is 18.2 Å². The highest BCUT2D eigenvalue weighted by atomic mass is 15.2. The van der Waals surface area contributed by atoms with Crippen LogP contribution in [0.15, 0.2) is 18.2 Å². The van der Waals surface area contributed by atoms with Crippen LogP contribution in [0, 0.1) is 5.92 Å². The van der Waals surface area contributed by atoms with E-state index >= 15 is 0 Å². The van der Waals surface area contributed by atoms with Crippen LogP contribution in [0.1, 0.15) is 32.5 Å². The Hall–Kier alpha value is -1.55. The van der Waals surface area contributed by atoms with Crippen LogP contribution in [0.4, 0.5) is 5.69 Å². The summed E-state index contributed by atoms with van der Waals surface area (Å²) in [4.78, 5) is 10.5. The second-order valence-electron chi connectivity index (χ2n) is 5.93. The van der Waals surface area contributed by atoms with Crippen molar-refractivity contribution >= 4 is 16.7 Å². The second kappa shape index (κ2) is 4.85. The van der Waals surface area contributed by atoms with Crippen LogP contribution in [0.25, 0.3) is 11.0 Å². The summed E-state index contributed by atoms with van der Waals surface area (Å²) in [6, 6.07) is 6.38. The molecule has 4 nitrogen and oxygen atoms in total. The highest BCUT2D eigenvalue weighted by Crippen LogP contribution is 2.30. The molecule has 1 heterocycles. The first-order valence-corrected chi connectivity index (χ1v) is 7.10. The van der Waals surface area contributed by atoms with Crippen molar-refractivity contribution in [3.8, 4) is 0 Å². The number of nitrogen functional groups attached to an aromatic ring is 1. The zero-order valence-corrected chi connectivity index (χ0v) is 11.7. The number of aromatic amines is 1. The Kier molecular flexibility index (Phi) is 3.19. The average molecular weight is 258 g/mol. The lowest BCUT2D eigenvalue weighted by Gasteiger charge is -2.25. The van der Waals surface area contributed by atoms with E-state index in [1.54, 1.807) is 0 Å². The summed E-state index contributed by atoms with van der Waals surface area (Å²) in [5.41, 5.74) is 8.61. The number of rotatable bonds is 5. The van der Waals surface area contributed by atoms with Gasteiger partial charge in [0.15, 0.2) is 0 Å². The van der Waals surface area contributed by atoms with Gasteiger partial charge in [0.05, 0.1) is 17.6 Å². The zero-order valence-electron chi connectivity index (χ0n) is 11.7. The van der Waals surface area contributed by atoms with E-state index in [-0.39, 0.29) is 0 Å². The quantitative estimate of drug-likeness (QED) is 0.811. The summed E-state index contributed by atoms with van der Waals surface area (Å²) in [6.45, 7) is 6.59. The fraction of sp³-hybridized carbons (Fsp3) is 0.533. The van der Waals surface area contributed by atoms with Crippen LogP contribution in [0.2, 0.25) is 0 Å². The van der Waals surface area contributed by atoms with Crippen molar-refractivity contribution in [3.05, 3.63) is 24.0 Å². The Labute approximate surface area is 114 Å². The van der Waals surface area contributed by atoms with Gasteiger partial charge in [-0.15, -0.1) is 0 Å². The van der Waals surface area contributed by atoms with Crippen LogP contribution < -0.4 is 5.73 Å². The van der Waals surface area contributed by atoms with E-state index in [2.05, 4.69) is 28.7 Å². The Bertz CT molecular complexity index is 569. The van der Waals surface area contributed by atoms with Gasteiger partial charge in [0.2, 0.25) is 0 Å². The van der Waals surface area contributed by atoms with Gasteiger partial charge in [-0.05, 0) is 50.8 Å². The van der Waals surface area contributed by atoms with Crippen LogP contribution >= 0.6 is 0 Å². The number of anilines is 1. The van der Waals surface area contributed by atoms with Crippen LogP contribution in [-0.2, 0) is 6.54 Å². The number of hydrogen-bond donors (Lipinski definition) is 2. The number of aromatic nitrogens is 2. The van der Waals surface area contributed by atoms with E-state index in [0.29, 0.717) is 6.04 Å². The first kappa shape index (κ1) is 12.5. The molecular formula is C15H22N4. The highest BCUT2D eigenvalue weighted by molar-refractivity contribution is 5.78. The molecule has 0 unspecified atom stereocenters. The lowest BCUT2D eigenvalue weighted by Crippen LogP contribution is -2.32. The summed E-state index contributed by atoms with van der Waals surface area (Å²) in [5.74, 6) is 1.94. The molecule has 0 atom stereocenters. The number of nitrogens with two attached hydrogens (primary N) is 1. The number of hydrogen-bond acceptors (Lipinski definition) is 3. The van der Waals surface area contributed by atoms with Crippen molar-refractivity contribution in [3.63, 3.8) is 0 Å². The molecule has 0 saturated heterocycles. The van der Waals surface area contributed by atoms with Gasteiger partial charge < -0.3 is 10.7 Å². The van der Waals surface area contributed by atoms with Crippen molar-refractivity contribution in [2.75, 3.05) is 12.3 Å². The van der Waals surface area contributed by atoms with Crippen molar-refractivity contribution in [2.45, 2.75) is 39.3 Å². The molecule has 1 aromatic carbocycles. The number of benzene rings is 1. The third-order valence-corrected chi connectivity index (χ3v) is 3.83. The Morgan fingerprint density at radius 1 is 1.42 bits per heavy atom. The maximum Gasteiger partial charge on any atom is 0.121 e. The molecule has 3 rings (SSSR count). The number of nitrogens with zero attached hydrogens (tertiary/aromatic N) is 2. The molecule has 1 aliphatic carbocycles. The molecule has 19 heavy (non-hydrogen) atoms. The Morgan fingerprint density at radius 3 is 2.89 bits per heavy atom. The van der Waals surface area contributed by atoms with Crippen molar-refractivity contribution in [2.24, 2.45) is 5.92 Å². The van der Waals surface area contributed by atoms with Crippen LogP contribution in [0.3, 0.4) is 0 Å². The van der Waals surface area contributed by atoms with E-state index < -0.39 is 0 Å². The third-order valence-electron chi connectivity index (χ3n) is 3.83. The fourth-order valence-electron chi connectivity index (χ4n) is 2.44. The molecule has 0 bridgehead atoms. The summed E-state index contributed by atoms with van der Waals surface area (Å²) < 4.78 is 0. The van der Waals surface area contributed by atoms with Gasteiger partial charge >= 0.3 is 0 Å². The minimum atomic E-state index is 0.555. The highest BCUT2D eigenvalue weighted by Gasteiger charge is 2.25. The third kappa shape index (κ3) is 2.89. The molecule has 0 aliphatic heterocycles. The molecule has 3 N–H and O–H groups in total. The second-order valence-corrected chi connectivity index (χ2v) is 5.93. The molecule has 2 aromatic rings. The first-order valence-electron chi connectivity index (χ1n) is 7.10. The number of H-pyrrole nitrogens is 1. The van der Waals surface area contributed by atoms with Gasteiger partial charge in [-0.25, -0.2) is 4.98 Å². The average Bonchev–Trinajstić information content (AvgIpc) is 3.07. The van der Waals surface area contributed by atoms with Gasteiger partial charge in [0.25, 0.3) is 0 Å². The number of nitrogens with one attached hydrogen (secondary N) is 1. The standard InChI is InChI=1S/C15H22N4/c1-10(2)19(8-11-3-4-11)9-15-17-13-6-5-12(16)7-14(13)18-15/h5-7,10-11H,3-4,8-9,16H2,1-2H3,(H,17,18). The Morgan fingerprint density at radius 2 is 2.21 bits per heavy atom. The zero-order chi connectivity index (χ0) is 13.4. The minimum Gasteiger partial charge on any atom is -0.399 e. The Balaban J connectivity index is 1.78. The predicted octanol–water partition coefficient (Wildman–Crippen LogP) is 2.77. The predicted molar refractivity (Wildman–Crippen MR) is 78.8 cm³/mol. The largest absolute Gasteiger partial charge is 0.399 e. The fourth-order valence-corrected chi connectivity index (χ4v) is 2.44. The maximum absolute atomic E-state index is 5.80. The van der Waals surface area contributed by atoms with E-state index in [9.17, 15) is 0 Å². The monoisotopic (exact) mass is 258 g/mol. The smallest absolute Gasteiger partial charge is 0.121 e. The van der Waals surface area contributed by atoms with Crippen LogP contribution in [0.5, 0.6) is 0 Å². The van der Waals surface area contributed by atoms with Crippen LogP contribution in [-0.4, -0.2) is 27.5 Å². The summed E-state index contributed by atoms with van der Waals surface area (Å²) in [6.07, 6.45) is 2.78. The summed E-state index contributed by atoms with van der Waals surface area (Å²) in [7, 11) is 0. The summed E-state index contributed by atoms with van der Waals surface area (Å²) in [5, 5.41) is 0. The number of fused-ring (bicyclic) bond motifs is 1. The van der Waals surface area contributed by atoms with E-state index in [0.717, 1.165) is 35.0 Å². The topological polar surface area (TPSA) is 57.9 Å². The molecule has 0 radical (unpaired) electrons. The van der Waals surface area contributed by atoms with Gasteiger partial charge in [0, 0.05) is 18.3 Å². The van der Waals surface area contributed by atoms with Gasteiger partial charge in [-0.2, -0.15) is 0 Å². The van der Waals surface area contributed by atoms with Crippen molar-refractivity contribution < 1.29 is 0 Å². The summed E-state index contributed by atoms with van der Waals surface area (Å²) >= 11 is 0. The number of imidazole rings is 1. The normalized spacial score (nSPS) is 15.8. The first-order chi connectivity index (χ1) is 9.11. The molecule has 4 heteroatoms. The lowest BCUT2D eigenvalue weighted by atomic mass is 10.2. The minimum absolute atomic E-state index is 0.555. The van der Waals surface area contributed by atoms with Gasteiger partial charge in [-0.1, -0.05) is 0 Å². The molecule has 1 aromatic heterocycles. The van der Waals surface area contributed by atoms with Gasteiger partial charge in [-0.3, -0.25) is 4.90 Å². The maximum atomic E-state index is 5.80. The van der Waals surface area contributed by atoms with Crippen molar-refractivity contribution in [1.82, 2.24) is 14.9 Å². The molecular weight excluding hydrogens is 236 g/mol. The molecule has 0 spiro atoms. The SMILES string of the molecule is CC(C)N(Cc1nc2ccc(N)cc2[nH]1)CC1CC1. The van der Waals surface area contributed by atoms with E-state index in [1.165, 1.54) is 19.4 Å². The van der Waals surface area contributed by atoms with Crippen molar-refractivity contribution in [1.29, 1.82) is 0 Å². The molecule has 102 valence electrons. The molecule has 1 fully saturated rings. The lowest BCUT2D eigenvalue weighted by molar-refractivity contribution is 0.199. The molecule has 1 aliphatic rings.